The molecule has 1 aromatic carbocycles. The van der Waals surface area contributed by atoms with Gasteiger partial charge >= 0.3 is 0 Å². The highest BCUT2D eigenvalue weighted by Gasteiger charge is 2.25. The van der Waals surface area contributed by atoms with Crippen molar-refractivity contribution in [1.82, 2.24) is 4.90 Å². The van der Waals surface area contributed by atoms with Gasteiger partial charge in [0.25, 0.3) is 0 Å². The van der Waals surface area contributed by atoms with Crippen LogP contribution in [0.1, 0.15) is 63.4 Å². The Balaban J connectivity index is 2.71. The van der Waals surface area contributed by atoms with Crippen molar-refractivity contribution >= 4 is 5.78 Å². The number of Topliss-reactive ketones (excluding diaryl/α,β-unsaturated/α-hetero) is 1. The minimum atomic E-state index is 0.177. The van der Waals surface area contributed by atoms with E-state index in [9.17, 15) is 4.79 Å². The molecule has 0 saturated heterocycles. The van der Waals surface area contributed by atoms with Crippen LogP contribution < -0.4 is 0 Å². The fourth-order valence-electron chi connectivity index (χ4n) is 2.17. The number of ketones is 1. The topological polar surface area (TPSA) is 20.3 Å². The summed E-state index contributed by atoms with van der Waals surface area (Å²) in [6, 6.07) is 8.39. The van der Waals surface area contributed by atoms with Crippen molar-refractivity contribution in [3.05, 3.63) is 35.4 Å². The molecule has 0 spiro atoms. The second kappa shape index (κ2) is 6.53. The van der Waals surface area contributed by atoms with Gasteiger partial charge in [-0.1, -0.05) is 58.9 Å². The maximum atomic E-state index is 12.3. The summed E-state index contributed by atoms with van der Waals surface area (Å²) in [5.74, 6) is 0.696. The first-order valence-corrected chi connectivity index (χ1v) is 7.46. The fourth-order valence-corrected chi connectivity index (χ4v) is 2.17. The van der Waals surface area contributed by atoms with E-state index in [2.05, 4.69) is 58.6 Å². The Hall–Kier alpha value is -1.15. The van der Waals surface area contributed by atoms with Gasteiger partial charge in [-0.05, 0) is 30.9 Å². The summed E-state index contributed by atoms with van der Waals surface area (Å²) in [4.78, 5) is 14.5. The average molecular weight is 275 g/mol. The van der Waals surface area contributed by atoms with E-state index in [0.717, 1.165) is 5.56 Å². The molecule has 1 unspecified atom stereocenters. The molecule has 20 heavy (non-hydrogen) atoms. The summed E-state index contributed by atoms with van der Waals surface area (Å²) in [5.41, 5.74) is 2.26. The van der Waals surface area contributed by atoms with Crippen molar-refractivity contribution in [3.63, 3.8) is 0 Å². The van der Waals surface area contributed by atoms with Gasteiger partial charge < -0.3 is 0 Å². The Morgan fingerprint density at radius 1 is 1.10 bits per heavy atom. The molecule has 0 aromatic heterocycles. The monoisotopic (exact) mass is 275 g/mol. The third kappa shape index (κ3) is 4.45. The molecule has 0 aliphatic heterocycles. The largest absolute Gasteiger partial charge is 0.296 e. The summed E-state index contributed by atoms with van der Waals surface area (Å²) in [5, 5.41) is 0. The lowest BCUT2D eigenvalue weighted by Gasteiger charge is -2.35. The highest BCUT2D eigenvalue weighted by molar-refractivity contribution is 5.97. The molecule has 0 bridgehead atoms. The predicted molar refractivity (Wildman–Crippen MR) is 86.4 cm³/mol. The van der Waals surface area contributed by atoms with Crippen molar-refractivity contribution in [1.29, 1.82) is 0 Å². The van der Waals surface area contributed by atoms with Crippen molar-refractivity contribution in [2.75, 3.05) is 13.6 Å². The van der Waals surface area contributed by atoms with Crippen molar-refractivity contribution in [3.8, 4) is 0 Å². The number of nitrogens with zero attached hydrogens (tertiary/aromatic N) is 1. The van der Waals surface area contributed by atoms with E-state index < -0.39 is 0 Å². The highest BCUT2D eigenvalue weighted by Crippen LogP contribution is 2.23. The Morgan fingerprint density at radius 2 is 1.60 bits per heavy atom. The molecule has 0 heterocycles. The zero-order chi connectivity index (χ0) is 15.5. The van der Waals surface area contributed by atoms with Crippen LogP contribution in [0.25, 0.3) is 0 Å². The summed E-state index contributed by atoms with van der Waals surface area (Å²) in [6.07, 6.45) is 0. The first-order valence-electron chi connectivity index (χ1n) is 7.46. The van der Waals surface area contributed by atoms with E-state index in [1.54, 1.807) is 0 Å². The molecule has 0 aliphatic rings. The zero-order valence-electron chi connectivity index (χ0n) is 14.0. The standard InChI is InChI=1S/C18H29NO/c1-13(2)15-8-10-16(11-9-15)17(20)12-19(7)14(3)18(4,5)6/h8-11,13-14H,12H2,1-7H3. The van der Waals surface area contributed by atoms with Crippen LogP contribution in [0.2, 0.25) is 0 Å². The van der Waals surface area contributed by atoms with Gasteiger partial charge in [-0.3, -0.25) is 9.69 Å². The first kappa shape index (κ1) is 16.9. The summed E-state index contributed by atoms with van der Waals surface area (Å²) < 4.78 is 0. The maximum Gasteiger partial charge on any atom is 0.176 e. The number of rotatable bonds is 5. The van der Waals surface area contributed by atoms with Gasteiger partial charge in [-0.25, -0.2) is 0 Å². The predicted octanol–water partition coefficient (Wildman–Crippen LogP) is 4.36. The zero-order valence-corrected chi connectivity index (χ0v) is 14.0. The van der Waals surface area contributed by atoms with Crippen LogP contribution in [0.4, 0.5) is 0 Å². The van der Waals surface area contributed by atoms with Gasteiger partial charge in [0.15, 0.2) is 5.78 Å². The van der Waals surface area contributed by atoms with Crippen LogP contribution in [-0.2, 0) is 0 Å². The molecule has 0 saturated carbocycles. The number of likely N-dealkylation sites (N-methyl/N-ethyl adjacent to an activating group) is 1. The number of hydrogen-bond acceptors (Lipinski definition) is 2. The molecule has 0 aliphatic carbocycles. The summed E-state index contributed by atoms with van der Waals surface area (Å²) in [7, 11) is 2.02. The van der Waals surface area contributed by atoms with Crippen LogP contribution in [0.15, 0.2) is 24.3 Å². The highest BCUT2D eigenvalue weighted by atomic mass is 16.1. The molecule has 2 heteroatoms. The van der Waals surface area contributed by atoms with Gasteiger partial charge in [-0.2, -0.15) is 0 Å². The molecule has 0 fully saturated rings. The molecule has 0 N–H and O–H groups in total. The SMILES string of the molecule is CC(C)c1ccc(C(=O)CN(C)C(C)C(C)(C)C)cc1. The van der Waals surface area contributed by atoms with Gasteiger partial charge in [0.05, 0.1) is 6.54 Å². The summed E-state index contributed by atoms with van der Waals surface area (Å²) >= 11 is 0. The number of carbonyl (C=O) groups is 1. The quantitative estimate of drug-likeness (QED) is 0.744. The molecular formula is C18H29NO. The van der Waals surface area contributed by atoms with E-state index in [1.165, 1.54) is 5.56 Å². The Bertz CT molecular complexity index is 439. The summed E-state index contributed by atoms with van der Waals surface area (Å²) in [6.45, 7) is 13.6. The molecule has 0 amide bonds. The molecular weight excluding hydrogens is 246 g/mol. The Kier molecular flexibility index (Phi) is 5.52. The smallest absolute Gasteiger partial charge is 0.176 e. The lowest BCUT2D eigenvalue weighted by atomic mass is 9.87. The van der Waals surface area contributed by atoms with E-state index in [0.29, 0.717) is 18.5 Å². The van der Waals surface area contributed by atoms with Gasteiger partial charge in [-0.15, -0.1) is 0 Å². The lowest BCUT2D eigenvalue weighted by Crippen LogP contribution is -2.41. The fraction of sp³-hybridized carbons (Fsp3) is 0.611. The van der Waals surface area contributed by atoms with Gasteiger partial charge in [0.1, 0.15) is 0 Å². The molecule has 1 aromatic rings. The first-order chi connectivity index (χ1) is 9.12. The molecule has 1 rings (SSSR count). The van der Waals surface area contributed by atoms with E-state index in [1.807, 2.05) is 19.2 Å². The van der Waals surface area contributed by atoms with E-state index in [-0.39, 0.29) is 11.2 Å². The minimum absolute atomic E-state index is 0.177. The van der Waals surface area contributed by atoms with Crippen LogP contribution in [0.5, 0.6) is 0 Å². The van der Waals surface area contributed by atoms with Crippen LogP contribution in [-0.4, -0.2) is 30.3 Å². The Labute approximate surface area is 124 Å². The second-order valence-electron chi connectivity index (χ2n) is 7.16. The maximum absolute atomic E-state index is 12.3. The van der Waals surface area contributed by atoms with E-state index >= 15 is 0 Å². The van der Waals surface area contributed by atoms with Gasteiger partial charge in [0.2, 0.25) is 0 Å². The van der Waals surface area contributed by atoms with Crippen molar-refractivity contribution in [2.24, 2.45) is 5.41 Å². The average Bonchev–Trinajstić information content (AvgIpc) is 2.36. The van der Waals surface area contributed by atoms with Crippen molar-refractivity contribution in [2.45, 2.75) is 53.5 Å². The molecule has 112 valence electrons. The third-order valence-corrected chi connectivity index (χ3v) is 4.21. The number of carbonyl (C=O) groups excluding carboxylic acids is 1. The second-order valence-corrected chi connectivity index (χ2v) is 7.16. The molecule has 1 atom stereocenters. The third-order valence-electron chi connectivity index (χ3n) is 4.21. The van der Waals surface area contributed by atoms with Crippen LogP contribution in [0.3, 0.4) is 0 Å². The van der Waals surface area contributed by atoms with Crippen molar-refractivity contribution < 1.29 is 4.79 Å². The normalized spacial score (nSPS) is 13.8. The number of hydrogen-bond donors (Lipinski definition) is 0. The molecule has 0 radical (unpaired) electrons. The lowest BCUT2D eigenvalue weighted by molar-refractivity contribution is 0.0853. The minimum Gasteiger partial charge on any atom is -0.296 e. The number of benzene rings is 1. The Morgan fingerprint density at radius 3 is 2.00 bits per heavy atom. The van der Waals surface area contributed by atoms with E-state index in [4.69, 9.17) is 0 Å². The van der Waals surface area contributed by atoms with Gasteiger partial charge in [0, 0.05) is 11.6 Å². The van der Waals surface area contributed by atoms with Crippen LogP contribution >= 0.6 is 0 Å². The van der Waals surface area contributed by atoms with Crippen LogP contribution in [0, 0.1) is 5.41 Å². The molecule has 2 nitrogen and oxygen atoms in total.